The van der Waals surface area contributed by atoms with E-state index in [1.54, 1.807) is 18.6 Å². The van der Waals surface area contributed by atoms with Crippen molar-refractivity contribution in [1.29, 1.82) is 0 Å². The summed E-state index contributed by atoms with van der Waals surface area (Å²) in [6.45, 7) is 3.35. The topological polar surface area (TPSA) is 87.2 Å². The summed E-state index contributed by atoms with van der Waals surface area (Å²) in [5.41, 5.74) is 2.53. The lowest BCUT2D eigenvalue weighted by Gasteiger charge is -2.27. The fourth-order valence-corrected chi connectivity index (χ4v) is 3.76. The minimum absolute atomic E-state index is 0.0348. The number of likely N-dealkylation sites (tertiary alicyclic amines) is 1. The summed E-state index contributed by atoms with van der Waals surface area (Å²) in [5, 5.41) is 7.70. The Kier molecular flexibility index (Phi) is 5.72. The predicted molar refractivity (Wildman–Crippen MR) is 118 cm³/mol. The minimum Gasteiger partial charge on any atom is -0.325 e. The molecule has 2 N–H and O–H groups in total. The maximum Gasteiger partial charge on any atom is 0.228 e. The van der Waals surface area contributed by atoms with Crippen molar-refractivity contribution in [1.82, 2.24) is 14.9 Å². The van der Waals surface area contributed by atoms with Crippen LogP contribution in [0, 0.1) is 5.92 Å². The number of fused-ring (bicyclic) bond motifs is 1. The normalized spacial score (nSPS) is 15.1. The quantitative estimate of drug-likeness (QED) is 0.696. The zero-order valence-corrected chi connectivity index (χ0v) is 17.2. The largest absolute Gasteiger partial charge is 0.325 e. The molecule has 1 saturated heterocycles. The van der Waals surface area contributed by atoms with Crippen LogP contribution in [0.15, 0.2) is 48.9 Å². The first-order valence-corrected chi connectivity index (χ1v) is 10.1. The predicted octanol–water partition coefficient (Wildman–Crippen LogP) is 3.54. The highest BCUT2D eigenvalue weighted by atomic mass is 16.2. The van der Waals surface area contributed by atoms with Gasteiger partial charge in [0, 0.05) is 36.2 Å². The molecule has 1 aliphatic heterocycles. The van der Waals surface area contributed by atoms with Crippen LogP contribution in [-0.2, 0) is 9.59 Å². The molecule has 0 radical (unpaired) electrons. The smallest absolute Gasteiger partial charge is 0.228 e. The molecule has 1 fully saturated rings. The Morgan fingerprint density at radius 3 is 2.53 bits per heavy atom. The lowest BCUT2D eigenvalue weighted by molar-refractivity contribution is -0.121. The van der Waals surface area contributed by atoms with Crippen molar-refractivity contribution in [3.8, 4) is 11.1 Å². The Morgan fingerprint density at radius 2 is 1.77 bits per heavy atom. The Bertz CT molecular complexity index is 1090. The third-order valence-corrected chi connectivity index (χ3v) is 5.45. The molecule has 4 rings (SSSR count). The molecule has 0 aliphatic carbocycles. The molecule has 0 bridgehead atoms. The van der Waals surface area contributed by atoms with Crippen LogP contribution < -0.4 is 10.6 Å². The molecule has 1 aromatic carbocycles. The second-order valence-corrected chi connectivity index (χ2v) is 7.84. The molecule has 3 aromatic rings. The summed E-state index contributed by atoms with van der Waals surface area (Å²) in [5.74, 6) is 0.503. The van der Waals surface area contributed by atoms with Crippen LogP contribution >= 0.6 is 0 Å². The molecular weight excluding hydrogens is 378 g/mol. The molecule has 0 atom stereocenters. The Hall–Kier alpha value is -3.32. The number of nitrogens with zero attached hydrogens (tertiary/aromatic N) is 3. The van der Waals surface area contributed by atoms with Crippen LogP contribution in [0.1, 0.15) is 19.8 Å². The fraction of sp³-hybridized carbons (Fsp3) is 0.304. The van der Waals surface area contributed by atoms with Gasteiger partial charge in [0.2, 0.25) is 11.8 Å². The van der Waals surface area contributed by atoms with Gasteiger partial charge < -0.3 is 15.5 Å². The van der Waals surface area contributed by atoms with Gasteiger partial charge in [0.15, 0.2) is 0 Å². The molecule has 1 aliphatic rings. The molecule has 7 heteroatoms. The molecule has 0 saturated carbocycles. The van der Waals surface area contributed by atoms with Gasteiger partial charge in [0.1, 0.15) is 5.82 Å². The van der Waals surface area contributed by atoms with Gasteiger partial charge in [-0.2, -0.15) is 0 Å². The van der Waals surface area contributed by atoms with E-state index in [1.807, 2.05) is 30.3 Å². The summed E-state index contributed by atoms with van der Waals surface area (Å²) in [4.78, 5) is 34.8. The number of pyridine rings is 2. The number of piperidine rings is 1. The number of rotatable bonds is 4. The van der Waals surface area contributed by atoms with Crippen molar-refractivity contribution in [3.63, 3.8) is 0 Å². The van der Waals surface area contributed by atoms with Crippen molar-refractivity contribution in [2.75, 3.05) is 30.8 Å². The maximum absolute atomic E-state index is 12.6. The number of nitrogens with one attached hydrogen (secondary N) is 2. The maximum atomic E-state index is 12.6. The van der Waals surface area contributed by atoms with Crippen LogP contribution in [0.25, 0.3) is 21.9 Å². The molecule has 0 unspecified atom stereocenters. The van der Waals surface area contributed by atoms with E-state index >= 15 is 0 Å². The third kappa shape index (κ3) is 4.63. The molecule has 3 heterocycles. The Balaban J connectivity index is 1.55. The second-order valence-electron chi connectivity index (χ2n) is 7.84. The van der Waals surface area contributed by atoms with Crippen molar-refractivity contribution in [3.05, 3.63) is 48.9 Å². The van der Waals surface area contributed by atoms with Gasteiger partial charge in [-0.15, -0.1) is 0 Å². The second kappa shape index (κ2) is 8.59. The van der Waals surface area contributed by atoms with Crippen molar-refractivity contribution in [2.24, 2.45) is 5.92 Å². The van der Waals surface area contributed by atoms with Crippen molar-refractivity contribution in [2.45, 2.75) is 19.8 Å². The molecule has 2 amide bonds. The van der Waals surface area contributed by atoms with Gasteiger partial charge in [-0.3, -0.25) is 14.6 Å². The number of aromatic nitrogens is 2. The first-order chi connectivity index (χ1) is 14.5. The van der Waals surface area contributed by atoms with Crippen LogP contribution in [0.5, 0.6) is 0 Å². The fourth-order valence-electron chi connectivity index (χ4n) is 3.76. The Morgan fingerprint density at radius 1 is 0.967 bits per heavy atom. The van der Waals surface area contributed by atoms with Gasteiger partial charge >= 0.3 is 0 Å². The number of benzene rings is 1. The number of carbonyl (C=O) groups is 2. The summed E-state index contributed by atoms with van der Waals surface area (Å²) < 4.78 is 0. The van der Waals surface area contributed by atoms with Gasteiger partial charge in [0.25, 0.3) is 0 Å². The van der Waals surface area contributed by atoms with E-state index < -0.39 is 0 Å². The van der Waals surface area contributed by atoms with Crippen molar-refractivity contribution < 1.29 is 9.59 Å². The van der Waals surface area contributed by atoms with Gasteiger partial charge in [-0.05, 0) is 62.1 Å². The van der Waals surface area contributed by atoms with Crippen LogP contribution in [-0.4, -0.2) is 46.8 Å². The molecular formula is C23H25N5O2. The average molecular weight is 403 g/mol. The van der Waals surface area contributed by atoms with Crippen LogP contribution in [0.2, 0.25) is 0 Å². The third-order valence-electron chi connectivity index (χ3n) is 5.45. The SMILES string of the molecule is CC(=O)Nc1cncc(-c2ccc3cnc(NC(=O)C4CCN(C)CC4)cc3c2)c1. The number of carbonyl (C=O) groups excluding carboxylic acids is 2. The number of anilines is 2. The lowest BCUT2D eigenvalue weighted by atomic mass is 9.96. The van der Waals surface area contributed by atoms with Gasteiger partial charge in [-0.25, -0.2) is 4.98 Å². The van der Waals surface area contributed by atoms with Gasteiger partial charge in [0.05, 0.1) is 11.9 Å². The van der Waals surface area contributed by atoms with E-state index in [9.17, 15) is 9.59 Å². The summed E-state index contributed by atoms with van der Waals surface area (Å²) >= 11 is 0. The zero-order valence-electron chi connectivity index (χ0n) is 17.2. The van der Waals surface area contributed by atoms with Crippen molar-refractivity contribution >= 4 is 34.1 Å². The Labute approximate surface area is 175 Å². The van der Waals surface area contributed by atoms with E-state index in [4.69, 9.17) is 0 Å². The number of hydrogen-bond donors (Lipinski definition) is 2. The molecule has 7 nitrogen and oxygen atoms in total. The summed E-state index contributed by atoms with van der Waals surface area (Å²) in [7, 11) is 2.08. The van der Waals surface area contributed by atoms with E-state index in [1.165, 1.54) is 6.92 Å². The first kappa shape index (κ1) is 20.0. The highest BCUT2D eigenvalue weighted by Gasteiger charge is 2.23. The molecule has 154 valence electrons. The van der Waals surface area contributed by atoms with E-state index in [0.717, 1.165) is 47.8 Å². The first-order valence-electron chi connectivity index (χ1n) is 10.1. The molecule has 30 heavy (non-hydrogen) atoms. The summed E-state index contributed by atoms with van der Waals surface area (Å²) in [6, 6.07) is 9.81. The lowest BCUT2D eigenvalue weighted by Crippen LogP contribution is -2.36. The number of amides is 2. The van der Waals surface area contributed by atoms with Crippen LogP contribution in [0.3, 0.4) is 0 Å². The average Bonchev–Trinajstić information content (AvgIpc) is 2.73. The monoisotopic (exact) mass is 403 g/mol. The van der Waals surface area contributed by atoms with Crippen LogP contribution in [0.4, 0.5) is 11.5 Å². The highest BCUT2D eigenvalue weighted by Crippen LogP contribution is 2.27. The minimum atomic E-state index is -0.136. The zero-order chi connectivity index (χ0) is 21.1. The number of hydrogen-bond acceptors (Lipinski definition) is 5. The molecule has 0 spiro atoms. The standard InChI is InChI=1S/C23H25N5O2/c1-15(29)26-21-10-20(12-24-14-21)17-3-4-18-13-25-22(11-19(18)9-17)27-23(30)16-5-7-28(2)8-6-16/h3-4,9-14,16H,5-8H2,1-2H3,(H,26,29)(H,25,27,30). The highest BCUT2D eigenvalue weighted by molar-refractivity contribution is 5.95. The van der Waals surface area contributed by atoms with E-state index in [2.05, 4.69) is 32.5 Å². The van der Waals surface area contributed by atoms with Gasteiger partial charge in [-0.1, -0.05) is 12.1 Å². The molecule has 2 aromatic heterocycles. The summed E-state index contributed by atoms with van der Waals surface area (Å²) in [6.07, 6.45) is 6.90. The van der Waals surface area contributed by atoms with E-state index in [-0.39, 0.29) is 17.7 Å². The van der Waals surface area contributed by atoms with E-state index in [0.29, 0.717) is 11.5 Å².